The number of halogens is 3. The molecular formula is C12H17F3N4O. The molecule has 1 aliphatic rings. The Labute approximate surface area is 114 Å². The maximum absolute atomic E-state index is 12.6. The zero-order chi connectivity index (χ0) is 14.6. The largest absolute Gasteiger partial charge is 0.476 e. The molecule has 112 valence electrons. The Bertz CT molecular complexity index is 447. The number of ether oxygens (including phenoxy) is 1. The standard InChI is InChI=1S/C12H17F3N4O/c13-12(14,15)9-8-10(18-11(16)17-9)20-7-6-19-4-2-1-3-5-19/h8H,1-7H2,(H2,16,17,18). The third-order valence-electron chi connectivity index (χ3n) is 3.12. The Hall–Kier alpha value is -1.57. The molecule has 0 aromatic carbocycles. The highest BCUT2D eigenvalue weighted by Gasteiger charge is 2.33. The van der Waals surface area contributed by atoms with Gasteiger partial charge in [-0.2, -0.15) is 18.2 Å². The van der Waals surface area contributed by atoms with Crippen LogP contribution in [0, 0.1) is 0 Å². The molecule has 1 aromatic heterocycles. The summed E-state index contributed by atoms with van der Waals surface area (Å²) in [6.07, 6.45) is -1.02. The lowest BCUT2D eigenvalue weighted by Gasteiger charge is -2.26. The van der Waals surface area contributed by atoms with Crippen LogP contribution in [0.2, 0.25) is 0 Å². The molecule has 0 amide bonds. The Morgan fingerprint density at radius 3 is 2.55 bits per heavy atom. The first-order chi connectivity index (χ1) is 9.45. The molecule has 20 heavy (non-hydrogen) atoms. The van der Waals surface area contributed by atoms with Crippen molar-refractivity contribution in [1.29, 1.82) is 0 Å². The fourth-order valence-electron chi connectivity index (χ4n) is 2.12. The van der Waals surface area contributed by atoms with Crippen molar-refractivity contribution >= 4 is 5.95 Å². The molecule has 2 N–H and O–H groups in total. The van der Waals surface area contributed by atoms with E-state index in [9.17, 15) is 13.2 Å². The first kappa shape index (κ1) is 14.8. The van der Waals surface area contributed by atoms with Crippen molar-refractivity contribution in [2.45, 2.75) is 25.4 Å². The summed E-state index contributed by atoms with van der Waals surface area (Å²) in [5, 5.41) is 0. The van der Waals surface area contributed by atoms with Crippen molar-refractivity contribution in [3.8, 4) is 5.88 Å². The van der Waals surface area contributed by atoms with E-state index in [1.54, 1.807) is 0 Å². The van der Waals surface area contributed by atoms with Crippen molar-refractivity contribution in [2.24, 2.45) is 0 Å². The zero-order valence-electron chi connectivity index (χ0n) is 11.0. The number of nitrogens with zero attached hydrogens (tertiary/aromatic N) is 3. The number of likely N-dealkylation sites (tertiary alicyclic amines) is 1. The van der Waals surface area contributed by atoms with E-state index in [1.807, 2.05) is 0 Å². The smallest absolute Gasteiger partial charge is 0.433 e. The van der Waals surface area contributed by atoms with Gasteiger partial charge in [-0.15, -0.1) is 0 Å². The highest BCUT2D eigenvalue weighted by atomic mass is 19.4. The van der Waals surface area contributed by atoms with Crippen LogP contribution in [-0.4, -0.2) is 41.1 Å². The summed E-state index contributed by atoms with van der Waals surface area (Å²) < 4.78 is 42.9. The summed E-state index contributed by atoms with van der Waals surface area (Å²) in [5.41, 5.74) is 4.17. The molecule has 2 heterocycles. The first-order valence-electron chi connectivity index (χ1n) is 6.52. The second-order valence-corrected chi connectivity index (χ2v) is 4.70. The van der Waals surface area contributed by atoms with Gasteiger partial charge in [0, 0.05) is 12.6 Å². The number of aromatic nitrogens is 2. The van der Waals surface area contributed by atoms with Crippen molar-refractivity contribution in [2.75, 3.05) is 32.0 Å². The van der Waals surface area contributed by atoms with Crippen LogP contribution in [0.4, 0.5) is 19.1 Å². The van der Waals surface area contributed by atoms with Crippen LogP contribution in [0.15, 0.2) is 6.07 Å². The number of piperidine rings is 1. The number of anilines is 1. The van der Waals surface area contributed by atoms with Crippen LogP contribution in [0.25, 0.3) is 0 Å². The Morgan fingerprint density at radius 2 is 1.90 bits per heavy atom. The summed E-state index contributed by atoms with van der Waals surface area (Å²) in [5.74, 6) is -0.574. The van der Waals surface area contributed by atoms with E-state index in [0.717, 1.165) is 32.0 Å². The lowest BCUT2D eigenvalue weighted by Crippen LogP contribution is -2.33. The van der Waals surface area contributed by atoms with E-state index in [0.29, 0.717) is 6.54 Å². The predicted molar refractivity (Wildman–Crippen MR) is 67.2 cm³/mol. The second-order valence-electron chi connectivity index (χ2n) is 4.70. The van der Waals surface area contributed by atoms with Gasteiger partial charge in [0.15, 0.2) is 5.69 Å². The normalized spacial score (nSPS) is 17.1. The predicted octanol–water partition coefficient (Wildman–Crippen LogP) is 1.94. The lowest BCUT2D eigenvalue weighted by molar-refractivity contribution is -0.141. The maximum Gasteiger partial charge on any atom is 0.433 e. The fraction of sp³-hybridized carbons (Fsp3) is 0.667. The zero-order valence-corrected chi connectivity index (χ0v) is 11.0. The van der Waals surface area contributed by atoms with Gasteiger partial charge in [0.05, 0.1) is 0 Å². The van der Waals surface area contributed by atoms with E-state index in [1.165, 1.54) is 6.42 Å². The molecule has 1 aliphatic heterocycles. The molecule has 0 bridgehead atoms. The topological polar surface area (TPSA) is 64.3 Å². The third-order valence-corrected chi connectivity index (χ3v) is 3.12. The minimum absolute atomic E-state index is 0.137. The van der Waals surface area contributed by atoms with Crippen molar-refractivity contribution in [3.63, 3.8) is 0 Å². The summed E-state index contributed by atoms with van der Waals surface area (Å²) in [6, 6.07) is 0.770. The summed E-state index contributed by atoms with van der Waals surface area (Å²) in [4.78, 5) is 9.03. The second kappa shape index (κ2) is 6.25. The monoisotopic (exact) mass is 290 g/mol. The molecule has 5 nitrogen and oxygen atoms in total. The van der Waals surface area contributed by atoms with E-state index in [4.69, 9.17) is 10.5 Å². The summed E-state index contributed by atoms with van der Waals surface area (Å²) in [7, 11) is 0. The number of nitrogens with two attached hydrogens (primary N) is 1. The number of nitrogen functional groups attached to an aromatic ring is 1. The quantitative estimate of drug-likeness (QED) is 0.918. The number of hydrogen-bond donors (Lipinski definition) is 1. The molecule has 0 atom stereocenters. The van der Waals surface area contributed by atoms with Gasteiger partial charge in [-0.05, 0) is 25.9 Å². The maximum atomic E-state index is 12.6. The van der Waals surface area contributed by atoms with Gasteiger partial charge in [-0.3, -0.25) is 4.90 Å². The molecule has 0 saturated carbocycles. The summed E-state index contributed by atoms with van der Waals surface area (Å²) in [6.45, 7) is 2.96. The third kappa shape index (κ3) is 4.22. The van der Waals surface area contributed by atoms with Gasteiger partial charge >= 0.3 is 6.18 Å². The van der Waals surface area contributed by atoms with Crippen LogP contribution in [0.3, 0.4) is 0 Å². The van der Waals surface area contributed by atoms with Gasteiger partial charge in [0.25, 0.3) is 0 Å². The van der Waals surface area contributed by atoms with Gasteiger partial charge in [-0.25, -0.2) is 4.98 Å². The molecule has 1 saturated heterocycles. The van der Waals surface area contributed by atoms with Gasteiger partial charge in [-0.1, -0.05) is 6.42 Å². The van der Waals surface area contributed by atoms with Crippen LogP contribution in [0.1, 0.15) is 25.0 Å². The van der Waals surface area contributed by atoms with Crippen LogP contribution in [-0.2, 0) is 6.18 Å². The fourth-order valence-corrected chi connectivity index (χ4v) is 2.12. The van der Waals surface area contributed by atoms with Crippen LogP contribution in [0.5, 0.6) is 5.88 Å². The van der Waals surface area contributed by atoms with Crippen LogP contribution >= 0.6 is 0 Å². The highest BCUT2D eigenvalue weighted by molar-refractivity contribution is 5.27. The van der Waals surface area contributed by atoms with Crippen molar-refractivity contribution < 1.29 is 17.9 Å². The van der Waals surface area contributed by atoms with E-state index in [-0.39, 0.29) is 12.5 Å². The minimum Gasteiger partial charge on any atom is -0.476 e. The molecule has 0 spiro atoms. The molecule has 8 heteroatoms. The van der Waals surface area contributed by atoms with Crippen molar-refractivity contribution in [1.82, 2.24) is 14.9 Å². The van der Waals surface area contributed by atoms with Gasteiger partial charge in [0.1, 0.15) is 6.61 Å². The van der Waals surface area contributed by atoms with E-state index < -0.39 is 17.8 Å². The number of alkyl halides is 3. The molecule has 0 radical (unpaired) electrons. The Kier molecular flexibility index (Phi) is 4.64. The van der Waals surface area contributed by atoms with Crippen molar-refractivity contribution in [3.05, 3.63) is 11.8 Å². The number of hydrogen-bond acceptors (Lipinski definition) is 5. The molecular weight excluding hydrogens is 273 g/mol. The van der Waals surface area contributed by atoms with Gasteiger partial charge < -0.3 is 10.5 Å². The minimum atomic E-state index is -4.55. The first-order valence-corrected chi connectivity index (χ1v) is 6.52. The molecule has 0 aliphatic carbocycles. The SMILES string of the molecule is Nc1nc(OCCN2CCCCC2)cc(C(F)(F)F)n1. The Morgan fingerprint density at radius 1 is 1.20 bits per heavy atom. The Balaban J connectivity index is 1.90. The highest BCUT2D eigenvalue weighted by Crippen LogP contribution is 2.29. The van der Waals surface area contributed by atoms with E-state index in [2.05, 4.69) is 14.9 Å². The van der Waals surface area contributed by atoms with Gasteiger partial charge in [0.2, 0.25) is 11.8 Å². The lowest BCUT2D eigenvalue weighted by atomic mass is 10.1. The summed E-state index contributed by atoms with van der Waals surface area (Å²) >= 11 is 0. The molecule has 1 aromatic rings. The molecule has 0 unspecified atom stereocenters. The van der Waals surface area contributed by atoms with Crippen LogP contribution < -0.4 is 10.5 Å². The molecule has 1 fully saturated rings. The average Bonchev–Trinajstić information content (AvgIpc) is 2.38. The van der Waals surface area contributed by atoms with E-state index >= 15 is 0 Å². The average molecular weight is 290 g/mol. The number of rotatable bonds is 4. The molecule has 2 rings (SSSR count).